The summed E-state index contributed by atoms with van der Waals surface area (Å²) in [6, 6.07) is 3.62. The van der Waals surface area contributed by atoms with Gasteiger partial charge < -0.3 is 4.40 Å². The van der Waals surface area contributed by atoms with Gasteiger partial charge in [0.25, 0.3) is 0 Å². The second-order valence-corrected chi connectivity index (χ2v) is 2.90. The molecule has 0 aromatic carbocycles. The molecule has 0 spiro atoms. The van der Waals surface area contributed by atoms with Crippen LogP contribution < -0.4 is 0 Å². The third-order valence-corrected chi connectivity index (χ3v) is 2.09. The highest BCUT2D eigenvalue weighted by atomic mass is 16.1. The van der Waals surface area contributed by atoms with Gasteiger partial charge in [-0.25, -0.2) is 4.98 Å². The molecule has 3 heteroatoms. The molecule has 66 valence electrons. The Morgan fingerprint density at radius 2 is 2.46 bits per heavy atom. The smallest absolute Gasteiger partial charge is 0.150 e. The van der Waals surface area contributed by atoms with Gasteiger partial charge in [0, 0.05) is 18.2 Å². The van der Waals surface area contributed by atoms with E-state index in [4.69, 9.17) is 0 Å². The Bertz CT molecular complexity index is 445. The van der Waals surface area contributed by atoms with Crippen LogP contribution in [-0.2, 0) is 6.42 Å². The Morgan fingerprint density at radius 3 is 3.15 bits per heavy atom. The fourth-order valence-electron chi connectivity index (χ4n) is 1.41. The van der Waals surface area contributed by atoms with Gasteiger partial charge in [-0.2, -0.15) is 0 Å². The van der Waals surface area contributed by atoms with Gasteiger partial charge in [-0.15, -0.1) is 0 Å². The van der Waals surface area contributed by atoms with Crippen molar-refractivity contribution in [1.82, 2.24) is 9.38 Å². The maximum atomic E-state index is 10.5. The minimum absolute atomic E-state index is 0.690. The minimum Gasteiger partial charge on any atom is -0.304 e. The summed E-state index contributed by atoms with van der Waals surface area (Å²) in [6.45, 7) is 2.06. The molecule has 2 heterocycles. The summed E-state index contributed by atoms with van der Waals surface area (Å²) in [5.41, 5.74) is 1.66. The van der Waals surface area contributed by atoms with Crippen molar-refractivity contribution in [2.24, 2.45) is 0 Å². The lowest BCUT2D eigenvalue weighted by Gasteiger charge is -1.97. The zero-order valence-electron chi connectivity index (χ0n) is 7.40. The quantitative estimate of drug-likeness (QED) is 0.649. The Hall–Kier alpha value is -1.64. The van der Waals surface area contributed by atoms with Crippen molar-refractivity contribution in [3.05, 3.63) is 35.9 Å². The molecule has 3 nitrogen and oxygen atoms in total. The third kappa shape index (κ3) is 1.22. The number of fused-ring (bicyclic) bond motifs is 1. The van der Waals surface area contributed by atoms with Crippen LogP contribution in [0.5, 0.6) is 0 Å². The number of rotatable bonds is 2. The van der Waals surface area contributed by atoms with Crippen LogP contribution in [0.2, 0.25) is 0 Å². The van der Waals surface area contributed by atoms with Crippen molar-refractivity contribution in [1.29, 1.82) is 0 Å². The van der Waals surface area contributed by atoms with Gasteiger partial charge in [0.2, 0.25) is 0 Å². The van der Waals surface area contributed by atoms with Crippen molar-refractivity contribution >= 4 is 11.8 Å². The second kappa shape index (κ2) is 3.01. The number of aromatic nitrogens is 2. The minimum atomic E-state index is 0.690. The zero-order chi connectivity index (χ0) is 9.26. The number of hydrogen-bond donors (Lipinski definition) is 0. The third-order valence-electron chi connectivity index (χ3n) is 2.09. The molecular formula is C10H10N2O. The van der Waals surface area contributed by atoms with Gasteiger partial charge in [0.05, 0.1) is 11.7 Å². The first-order chi connectivity index (χ1) is 6.35. The van der Waals surface area contributed by atoms with E-state index >= 15 is 0 Å². The fourth-order valence-corrected chi connectivity index (χ4v) is 1.41. The van der Waals surface area contributed by atoms with E-state index in [1.165, 1.54) is 0 Å². The Morgan fingerprint density at radius 1 is 1.62 bits per heavy atom. The average Bonchev–Trinajstić information content (AvgIpc) is 2.59. The molecule has 0 aliphatic carbocycles. The highest BCUT2D eigenvalue weighted by molar-refractivity contribution is 5.77. The summed E-state index contributed by atoms with van der Waals surface area (Å²) >= 11 is 0. The molecular weight excluding hydrogens is 164 g/mol. The van der Waals surface area contributed by atoms with Crippen LogP contribution in [0.3, 0.4) is 0 Å². The lowest BCUT2D eigenvalue weighted by Crippen LogP contribution is -1.92. The first-order valence-electron chi connectivity index (χ1n) is 4.26. The SMILES string of the molecule is CCc1ncc2cc(C=O)ccn12. The number of pyridine rings is 1. The molecule has 13 heavy (non-hydrogen) atoms. The summed E-state index contributed by atoms with van der Waals surface area (Å²) in [5, 5.41) is 0. The van der Waals surface area contributed by atoms with Gasteiger partial charge in [0.1, 0.15) is 12.1 Å². The highest BCUT2D eigenvalue weighted by Gasteiger charge is 2.00. The molecule has 2 rings (SSSR count). The van der Waals surface area contributed by atoms with Crippen LogP contribution in [0, 0.1) is 0 Å². The van der Waals surface area contributed by atoms with Gasteiger partial charge in [0.15, 0.2) is 0 Å². The van der Waals surface area contributed by atoms with Crippen molar-refractivity contribution < 1.29 is 4.79 Å². The highest BCUT2D eigenvalue weighted by Crippen LogP contribution is 2.08. The van der Waals surface area contributed by atoms with E-state index in [9.17, 15) is 4.79 Å². The van der Waals surface area contributed by atoms with Crippen LogP contribution in [0.15, 0.2) is 24.5 Å². The zero-order valence-corrected chi connectivity index (χ0v) is 7.40. The van der Waals surface area contributed by atoms with E-state index in [1.807, 2.05) is 16.7 Å². The molecule has 0 fully saturated rings. The van der Waals surface area contributed by atoms with Crippen molar-refractivity contribution in [2.45, 2.75) is 13.3 Å². The molecule has 0 aliphatic heterocycles. The summed E-state index contributed by atoms with van der Waals surface area (Å²) in [6.07, 6.45) is 5.41. The normalized spacial score (nSPS) is 10.5. The van der Waals surface area contributed by atoms with Crippen molar-refractivity contribution in [3.63, 3.8) is 0 Å². The van der Waals surface area contributed by atoms with Crippen LogP contribution in [-0.4, -0.2) is 15.7 Å². The molecule has 0 aliphatic rings. The largest absolute Gasteiger partial charge is 0.304 e. The fraction of sp³-hybridized carbons (Fsp3) is 0.200. The van der Waals surface area contributed by atoms with Gasteiger partial charge in [-0.1, -0.05) is 6.92 Å². The molecule has 0 saturated carbocycles. The van der Waals surface area contributed by atoms with Gasteiger partial charge >= 0.3 is 0 Å². The first-order valence-corrected chi connectivity index (χ1v) is 4.26. The molecule has 2 aromatic rings. The summed E-state index contributed by atoms with van der Waals surface area (Å²) in [4.78, 5) is 14.7. The van der Waals surface area contributed by atoms with E-state index < -0.39 is 0 Å². The maximum absolute atomic E-state index is 10.5. The summed E-state index contributed by atoms with van der Waals surface area (Å²) in [7, 11) is 0. The average molecular weight is 174 g/mol. The van der Waals surface area contributed by atoms with Crippen LogP contribution >= 0.6 is 0 Å². The number of carbonyl (C=O) groups is 1. The number of imidazole rings is 1. The number of carbonyl (C=O) groups excluding carboxylic acids is 1. The van der Waals surface area contributed by atoms with Crippen LogP contribution in [0.4, 0.5) is 0 Å². The molecule has 0 atom stereocenters. The van der Waals surface area contributed by atoms with Gasteiger partial charge in [-0.05, 0) is 12.1 Å². The molecule has 0 bridgehead atoms. The number of aldehydes is 1. The van der Waals surface area contributed by atoms with Crippen molar-refractivity contribution in [2.75, 3.05) is 0 Å². The Balaban J connectivity index is 2.67. The topological polar surface area (TPSA) is 34.4 Å². The molecule has 0 unspecified atom stereocenters. The molecule has 2 aromatic heterocycles. The Kier molecular flexibility index (Phi) is 1.85. The molecule has 0 N–H and O–H groups in total. The van der Waals surface area contributed by atoms with Crippen LogP contribution in [0.25, 0.3) is 5.52 Å². The lowest BCUT2D eigenvalue weighted by molar-refractivity contribution is 0.112. The molecule has 0 saturated heterocycles. The maximum Gasteiger partial charge on any atom is 0.150 e. The van der Waals surface area contributed by atoms with E-state index in [1.54, 1.807) is 12.3 Å². The van der Waals surface area contributed by atoms with E-state index in [-0.39, 0.29) is 0 Å². The predicted octanol–water partition coefficient (Wildman–Crippen LogP) is 1.71. The molecule has 0 radical (unpaired) electrons. The number of aryl methyl sites for hydroxylation is 1. The van der Waals surface area contributed by atoms with E-state index in [0.29, 0.717) is 5.56 Å². The first kappa shape index (κ1) is 7.98. The Labute approximate surface area is 76.0 Å². The van der Waals surface area contributed by atoms with Crippen LogP contribution in [0.1, 0.15) is 23.1 Å². The monoisotopic (exact) mass is 174 g/mol. The lowest BCUT2D eigenvalue weighted by atomic mass is 10.3. The van der Waals surface area contributed by atoms with E-state index in [2.05, 4.69) is 11.9 Å². The predicted molar refractivity (Wildman–Crippen MR) is 50.0 cm³/mol. The molecule has 0 amide bonds. The summed E-state index contributed by atoms with van der Waals surface area (Å²) in [5.74, 6) is 1.02. The van der Waals surface area contributed by atoms with Crippen molar-refractivity contribution in [3.8, 4) is 0 Å². The second-order valence-electron chi connectivity index (χ2n) is 2.90. The van der Waals surface area contributed by atoms with Gasteiger partial charge in [-0.3, -0.25) is 4.79 Å². The number of nitrogens with zero attached hydrogens (tertiary/aromatic N) is 2. The van der Waals surface area contributed by atoms with E-state index in [0.717, 1.165) is 24.0 Å². The number of hydrogen-bond acceptors (Lipinski definition) is 2. The summed E-state index contributed by atoms with van der Waals surface area (Å²) < 4.78 is 1.99. The standard InChI is InChI=1S/C10H10N2O/c1-2-10-11-6-9-5-8(7-13)3-4-12(9)10/h3-7H,2H2,1H3.